The number of aromatic nitrogens is 2. The van der Waals surface area contributed by atoms with Crippen molar-refractivity contribution in [3.8, 4) is 0 Å². The summed E-state index contributed by atoms with van der Waals surface area (Å²) in [7, 11) is 0. The number of benzene rings is 2. The van der Waals surface area contributed by atoms with Crippen molar-refractivity contribution in [2.75, 3.05) is 11.9 Å². The van der Waals surface area contributed by atoms with E-state index in [1.807, 2.05) is 18.2 Å². The molecule has 0 unspecified atom stereocenters. The molecular weight excluding hydrogens is 399 g/mol. The fourth-order valence-electron chi connectivity index (χ4n) is 3.12. The third-order valence-corrected chi connectivity index (χ3v) is 4.65. The molecule has 31 heavy (non-hydrogen) atoms. The summed E-state index contributed by atoms with van der Waals surface area (Å²) in [6.07, 6.45) is 1.68. The second-order valence-electron chi connectivity index (χ2n) is 6.87. The molecule has 2 amide bonds. The van der Waals surface area contributed by atoms with E-state index in [1.165, 1.54) is 24.4 Å². The summed E-state index contributed by atoms with van der Waals surface area (Å²) < 4.78 is 19.4. The molecule has 8 heteroatoms. The van der Waals surface area contributed by atoms with E-state index in [2.05, 4.69) is 20.6 Å². The quantitative estimate of drug-likeness (QED) is 0.495. The van der Waals surface area contributed by atoms with Gasteiger partial charge in [0.25, 0.3) is 11.8 Å². The lowest BCUT2D eigenvalue weighted by atomic mass is 10.1. The van der Waals surface area contributed by atoms with E-state index in [9.17, 15) is 14.0 Å². The number of para-hydroxylation sites is 2. The average Bonchev–Trinajstić information content (AvgIpc) is 3.20. The lowest BCUT2D eigenvalue weighted by Crippen LogP contribution is -2.26. The molecule has 0 saturated heterocycles. The molecule has 2 heterocycles. The lowest BCUT2D eigenvalue weighted by Gasteiger charge is -2.11. The third kappa shape index (κ3) is 4.58. The van der Waals surface area contributed by atoms with Crippen LogP contribution < -0.4 is 10.6 Å². The molecular formula is C23H19FN4O3. The van der Waals surface area contributed by atoms with Crippen LogP contribution in [0.3, 0.4) is 0 Å². The largest absolute Gasteiger partial charge is 0.451 e. The highest BCUT2D eigenvalue weighted by atomic mass is 19.1. The van der Waals surface area contributed by atoms with Crippen molar-refractivity contribution in [1.29, 1.82) is 0 Å². The normalized spacial score (nSPS) is 10.8. The number of fused-ring (bicyclic) bond motifs is 1. The van der Waals surface area contributed by atoms with E-state index < -0.39 is 11.7 Å². The zero-order chi connectivity index (χ0) is 21.8. The molecule has 0 bridgehead atoms. The summed E-state index contributed by atoms with van der Waals surface area (Å²) in [6.45, 7) is 1.93. The van der Waals surface area contributed by atoms with Gasteiger partial charge < -0.3 is 15.1 Å². The van der Waals surface area contributed by atoms with E-state index in [1.54, 1.807) is 25.1 Å². The zero-order valence-corrected chi connectivity index (χ0v) is 16.7. The van der Waals surface area contributed by atoms with Gasteiger partial charge in [0, 0.05) is 24.5 Å². The average molecular weight is 418 g/mol. The Hall–Kier alpha value is -4.07. The first-order chi connectivity index (χ1) is 15.0. The Balaban J connectivity index is 1.44. The Morgan fingerprint density at radius 3 is 2.65 bits per heavy atom. The Morgan fingerprint density at radius 1 is 1.06 bits per heavy atom. The Kier molecular flexibility index (Phi) is 5.70. The minimum atomic E-state index is -0.538. The maximum atomic E-state index is 13.9. The number of nitrogens with one attached hydrogen (secondary N) is 2. The molecule has 0 spiro atoms. The van der Waals surface area contributed by atoms with E-state index in [0.717, 1.165) is 5.39 Å². The molecule has 0 aliphatic rings. The molecule has 2 N–H and O–H groups in total. The van der Waals surface area contributed by atoms with Crippen molar-refractivity contribution in [2.24, 2.45) is 0 Å². The summed E-state index contributed by atoms with van der Waals surface area (Å²) in [5, 5.41) is 6.14. The SMILES string of the molecule is Cc1ncc(C(=O)Nc2ccccc2F)c(CCNC(=O)c2cc3ccccc3o2)n1. The van der Waals surface area contributed by atoms with Crippen LogP contribution in [0, 0.1) is 12.7 Å². The molecule has 4 aromatic rings. The molecule has 0 atom stereocenters. The van der Waals surface area contributed by atoms with Gasteiger partial charge in [-0.2, -0.15) is 0 Å². The second kappa shape index (κ2) is 8.74. The number of nitrogens with zero attached hydrogens (tertiary/aromatic N) is 2. The van der Waals surface area contributed by atoms with E-state index in [-0.39, 0.29) is 35.9 Å². The minimum Gasteiger partial charge on any atom is -0.451 e. The number of aryl methyl sites for hydroxylation is 1. The van der Waals surface area contributed by atoms with Crippen LogP contribution in [0.25, 0.3) is 11.0 Å². The predicted octanol–water partition coefficient (Wildman–Crippen LogP) is 3.90. The number of carbonyl (C=O) groups excluding carboxylic acids is 2. The van der Waals surface area contributed by atoms with Gasteiger partial charge in [0.15, 0.2) is 5.76 Å². The van der Waals surface area contributed by atoms with E-state index in [0.29, 0.717) is 17.1 Å². The smallest absolute Gasteiger partial charge is 0.287 e. The van der Waals surface area contributed by atoms with Crippen LogP contribution >= 0.6 is 0 Å². The molecule has 156 valence electrons. The van der Waals surface area contributed by atoms with Crippen LogP contribution in [0.1, 0.15) is 32.4 Å². The maximum absolute atomic E-state index is 13.9. The number of halogens is 1. The summed E-state index contributed by atoms with van der Waals surface area (Å²) >= 11 is 0. The molecule has 0 aliphatic heterocycles. The molecule has 7 nitrogen and oxygen atoms in total. The van der Waals surface area contributed by atoms with Gasteiger partial charge in [-0.1, -0.05) is 30.3 Å². The van der Waals surface area contributed by atoms with Crippen molar-refractivity contribution in [3.63, 3.8) is 0 Å². The van der Waals surface area contributed by atoms with Crippen molar-refractivity contribution in [3.05, 3.63) is 89.5 Å². The molecule has 2 aromatic carbocycles. The highest BCUT2D eigenvalue weighted by molar-refractivity contribution is 6.05. The highest BCUT2D eigenvalue weighted by Crippen LogP contribution is 2.19. The summed E-state index contributed by atoms with van der Waals surface area (Å²) in [5.74, 6) is -0.731. The molecule has 2 aromatic heterocycles. The Bertz CT molecular complexity index is 1240. The van der Waals surface area contributed by atoms with Crippen molar-refractivity contribution in [1.82, 2.24) is 15.3 Å². The van der Waals surface area contributed by atoms with Gasteiger partial charge in [-0.25, -0.2) is 14.4 Å². The fraction of sp³-hybridized carbons (Fsp3) is 0.130. The number of amides is 2. The first kappa shape index (κ1) is 20.2. The number of carbonyl (C=O) groups is 2. The van der Waals surface area contributed by atoms with Gasteiger partial charge in [-0.15, -0.1) is 0 Å². The van der Waals surface area contributed by atoms with Gasteiger partial charge in [-0.3, -0.25) is 9.59 Å². The minimum absolute atomic E-state index is 0.0669. The number of anilines is 1. The first-order valence-corrected chi connectivity index (χ1v) is 9.66. The zero-order valence-electron chi connectivity index (χ0n) is 16.7. The number of furan rings is 1. The van der Waals surface area contributed by atoms with Crippen LogP contribution in [0.5, 0.6) is 0 Å². The summed E-state index contributed by atoms with van der Waals surface area (Å²) in [4.78, 5) is 33.5. The van der Waals surface area contributed by atoms with Crippen LogP contribution in [-0.4, -0.2) is 28.3 Å². The lowest BCUT2D eigenvalue weighted by molar-refractivity contribution is 0.0928. The molecule has 0 saturated carbocycles. The first-order valence-electron chi connectivity index (χ1n) is 9.66. The predicted molar refractivity (Wildman–Crippen MR) is 113 cm³/mol. The topological polar surface area (TPSA) is 97.1 Å². The number of rotatable bonds is 6. The number of hydrogen-bond donors (Lipinski definition) is 2. The second-order valence-corrected chi connectivity index (χ2v) is 6.87. The summed E-state index contributed by atoms with van der Waals surface area (Å²) in [6, 6.07) is 14.9. The standard InChI is InChI=1S/C23H19FN4O3/c1-14-26-13-16(22(29)28-19-8-4-3-7-17(19)24)18(27-14)10-11-25-23(30)21-12-15-6-2-5-9-20(15)31-21/h2-9,12-13H,10-11H2,1H3,(H,25,30)(H,28,29). The van der Waals surface area contributed by atoms with Crippen molar-refractivity contribution < 1.29 is 18.4 Å². The Labute approximate surface area is 177 Å². The van der Waals surface area contributed by atoms with E-state index >= 15 is 0 Å². The third-order valence-electron chi connectivity index (χ3n) is 4.65. The monoisotopic (exact) mass is 418 g/mol. The molecule has 0 aliphatic carbocycles. The Morgan fingerprint density at radius 2 is 1.84 bits per heavy atom. The van der Waals surface area contributed by atoms with Crippen LogP contribution in [0.2, 0.25) is 0 Å². The maximum Gasteiger partial charge on any atom is 0.287 e. The van der Waals surface area contributed by atoms with Crippen LogP contribution in [-0.2, 0) is 6.42 Å². The van der Waals surface area contributed by atoms with Gasteiger partial charge in [0.1, 0.15) is 17.2 Å². The van der Waals surface area contributed by atoms with Crippen molar-refractivity contribution in [2.45, 2.75) is 13.3 Å². The van der Waals surface area contributed by atoms with Crippen LogP contribution in [0.15, 0.2) is 65.2 Å². The van der Waals surface area contributed by atoms with Gasteiger partial charge in [-0.05, 0) is 31.2 Å². The number of hydrogen-bond acceptors (Lipinski definition) is 5. The highest BCUT2D eigenvalue weighted by Gasteiger charge is 2.17. The van der Waals surface area contributed by atoms with Crippen LogP contribution in [0.4, 0.5) is 10.1 Å². The fourth-order valence-corrected chi connectivity index (χ4v) is 3.12. The van der Waals surface area contributed by atoms with Gasteiger partial charge in [0.2, 0.25) is 0 Å². The summed E-state index contributed by atoms with van der Waals surface area (Å²) in [5.41, 5.74) is 1.36. The van der Waals surface area contributed by atoms with E-state index in [4.69, 9.17) is 4.42 Å². The molecule has 0 radical (unpaired) electrons. The molecule has 0 fully saturated rings. The van der Waals surface area contributed by atoms with Crippen molar-refractivity contribution >= 4 is 28.5 Å². The van der Waals surface area contributed by atoms with Gasteiger partial charge >= 0.3 is 0 Å². The molecule has 4 rings (SSSR count). The van der Waals surface area contributed by atoms with Gasteiger partial charge in [0.05, 0.1) is 16.9 Å².